The molecule has 2 aromatic rings. The van der Waals surface area contributed by atoms with Crippen molar-refractivity contribution in [3.8, 4) is 11.5 Å². The molecule has 1 fully saturated rings. The molecule has 0 aromatic heterocycles. The highest BCUT2D eigenvalue weighted by Gasteiger charge is 2.19. The summed E-state index contributed by atoms with van der Waals surface area (Å²) in [5, 5.41) is 3.04. The van der Waals surface area contributed by atoms with Crippen molar-refractivity contribution >= 4 is 11.6 Å². The first-order valence-corrected chi connectivity index (χ1v) is 10.4. The van der Waals surface area contributed by atoms with Gasteiger partial charge in [-0.05, 0) is 74.6 Å². The van der Waals surface area contributed by atoms with Crippen molar-refractivity contribution in [2.75, 3.05) is 25.1 Å². The molecule has 3 rings (SSSR count). The van der Waals surface area contributed by atoms with E-state index in [-0.39, 0.29) is 11.9 Å². The van der Waals surface area contributed by atoms with Gasteiger partial charge in [-0.25, -0.2) is 0 Å². The third-order valence-corrected chi connectivity index (χ3v) is 5.64. The molecule has 1 heterocycles. The maximum atomic E-state index is 12.5. The summed E-state index contributed by atoms with van der Waals surface area (Å²) in [4.78, 5) is 15.0. The Balaban J connectivity index is 1.53. The van der Waals surface area contributed by atoms with Crippen LogP contribution in [0.1, 0.15) is 45.2 Å². The number of piperidine rings is 1. The lowest BCUT2D eigenvalue weighted by atomic mass is 9.98. The van der Waals surface area contributed by atoms with Crippen LogP contribution in [0.5, 0.6) is 11.5 Å². The van der Waals surface area contributed by atoms with Crippen LogP contribution < -0.4 is 19.7 Å². The lowest BCUT2D eigenvalue weighted by molar-refractivity contribution is -0.127. The van der Waals surface area contributed by atoms with Crippen LogP contribution in [0.2, 0.25) is 0 Å². The first-order valence-electron chi connectivity index (χ1n) is 10.4. The molecule has 2 atom stereocenters. The normalized spacial score (nSPS) is 16.8. The molecule has 1 aliphatic rings. The lowest BCUT2D eigenvalue weighted by Crippen LogP contribution is -2.37. The SMILES string of the molecule is COc1ccc(O[C@@H](C)C(=O)N[C@H](C)c2ccc(N3CCC(C)CC3)cc2)cc1. The van der Waals surface area contributed by atoms with Crippen LogP contribution in [0.25, 0.3) is 0 Å². The van der Waals surface area contributed by atoms with E-state index < -0.39 is 6.10 Å². The molecular weight excluding hydrogens is 364 g/mol. The van der Waals surface area contributed by atoms with E-state index in [1.807, 2.05) is 19.1 Å². The number of methoxy groups -OCH3 is 1. The summed E-state index contributed by atoms with van der Waals surface area (Å²) in [6.45, 7) is 8.31. The third kappa shape index (κ3) is 5.66. The first kappa shape index (κ1) is 21.0. The standard InChI is InChI=1S/C24H32N2O3/c1-17-13-15-26(16-14-17)21-7-5-20(6-8-21)18(2)25-24(27)19(3)29-23-11-9-22(28-4)10-12-23/h5-12,17-19H,13-16H2,1-4H3,(H,25,27)/t18-,19+/m1/s1. The van der Waals surface area contributed by atoms with E-state index in [4.69, 9.17) is 9.47 Å². The Labute approximate surface area is 174 Å². The van der Waals surface area contributed by atoms with Gasteiger partial charge in [0.2, 0.25) is 0 Å². The van der Waals surface area contributed by atoms with Gasteiger partial charge in [-0.1, -0.05) is 19.1 Å². The Morgan fingerprint density at radius 1 is 1.00 bits per heavy atom. The lowest BCUT2D eigenvalue weighted by Gasteiger charge is -2.32. The Hall–Kier alpha value is -2.69. The number of amides is 1. The molecule has 1 N–H and O–H groups in total. The van der Waals surface area contributed by atoms with Gasteiger partial charge in [0.25, 0.3) is 5.91 Å². The minimum Gasteiger partial charge on any atom is -0.497 e. The topological polar surface area (TPSA) is 50.8 Å². The van der Waals surface area contributed by atoms with Crippen LogP contribution >= 0.6 is 0 Å². The fourth-order valence-corrected chi connectivity index (χ4v) is 3.57. The predicted octanol–water partition coefficient (Wildman–Crippen LogP) is 4.58. The second kappa shape index (κ2) is 9.68. The van der Waals surface area contributed by atoms with E-state index in [0.717, 1.165) is 30.3 Å². The van der Waals surface area contributed by atoms with Gasteiger partial charge in [-0.3, -0.25) is 4.79 Å². The summed E-state index contributed by atoms with van der Waals surface area (Å²) in [5.74, 6) is 2.08. The van der Waals surface area contributed by atoms with Gasteiger partial charge in [0.1, 0.15) is 11.5 Å². The fourth-order valence-electron chi connectivity index (χ4n) is 3.57. The average Bonchev–Trinajstić information content (AvgIpc) is 2.75. The van der Waals surface area contributed by atoms with Crippen molar-refractivity contribution in [2.24, 2.45) is 5.92 Å². The smallest absolute Gasteiger partial charge is 0.261 e. The van der Waals surface area contributed by atoms with E-state index in [9.17, 15) is 4.79 Å². The molecule has 156 valence electrons. The second-order valence-corrected chi connectivity index (χ2v) is 7.93. The van der Waals surface area contributed by atoms with Gasteiger partial charge >= 0.3 is 0 Å². The zero-order valence-corrected chi connectivity index (χ0v) is 17.9. The van der Waals surface area contributed by atoms with Crippen molar-refractivity contribution in [1.29, 1.82) is 0 Å². The predicted molar refractivity (Wildman–Crippen MR) is 117 cm³/mol. The summed E-state index contributed by atoms with van der Waals surface area (Å²) in [6, 6.07) is 15.7. The van der Waals surface area contributed by atoms with E-state index >= 15 is 0 Å². The molecule has 1 amide bonds. The number of hydrogen-bond donors (Lipinski definition) is 1. The molecule has 1 saturated heterocycles. The minimum atomic E-state index is -0.583. The molecule has 0 bridgehead atoms. The quantitative estimate of drug-likeness (QED) is 0.744. The number of carbonyl (C=O) groups excluding carboxylic acids is 1. The highest BCUT2D eigenvalue weighted by Crippen LogP contribution is 2.25. The van der Waals surface area contributed by atoms with Crippen LogP contribution in [0.15, 0.2) is 48.5 Å². The molecule has 0 radical (unpaired) electrons. The third-order valence-electron chi connectivity index (χ3n) is 5.64. The number of ether oxygens (including phenoxy) is 2. The van der Waals surface area contributed by atoms with E-state index in [0.29, 0.717) is 5.75 Å². The maximum Gasteiger partial charge on any atom is 0.261 e. The molecule has 1 aliphatic heterocycles. The van der Waals surface area contributed by atoms with E-state index in [2.05, 4.69) is 41.4 Å². The van der Waals surface area contributed by atoms with Crippen LogP contribution in [0.3, 0.4) is 0 Å². The number of nitrogens with zero attached hydrogens (tertiary/aromatic N) is 1. The molecule has 0 saturated carbocycles. The number of benzene rings is 2. The van der Waals surface area contributed by atoms with Crippen molar-refractivity contribution in [3.05, 3.63) is 54.1 Å². The van der Waals surface area contributed by atoms with Gasteiger partial charge in [0.05, 0.1) is 13.2 Å². The summed E-state index contributed by atoms with van der Waals surface area (Å²) in [5.41, 5.74) is 2.35. The largest absolute Gasteiger partial charge is 0.497 e. The number of nitrogens with one attached hydrogen (secondary N) is 1. The number of anilines is 1. The Bertz CT molecular complexity index is 781. The molecule has 29 heavy (non-hydrogen) atoms. The Kier molecular flexibility index (Phi) is 7.02. The van der Waals surface area contributed by atoms with E-state index in [1.165, 1.54) is 18.5 Å². The molecule has 0 spiro atoms. The molecule has 2 aromatic carbocycles. The van der Waals surface area contributed by atoms with Crippen LogP contribution in [0, 0.1) is 5.92 Å². The first-order chi connectivity index (χ1) is 14.0. The second-order valence-electron chi connectivity index (χ2n) is 7.93. The number of rotatable bonds is 7. The van der Waals surface area contributed by atoms with Crippen LogP contribution in [0.4, 0.5) is 5.69 Å². The van der Waals surface area contributed by atoms with Crippen molar-refractivity contribution < 1.29 is 14.3 Å². The van der Waals surface area contributed by atoms with Crippen molar-refractivity contribution in [1.82, 2.24) is 5.32 Å². The Morgan fingerprint density at radius 3 is 2.17 bits per heavy atom. The summed E-state index contributed by atoms with van der Waals surface area (Å²) < 4.78 is 10.9. The van der Waals surface area contributed by atoms with Crippen molar-refractivity contribution in [2.45, 2.75) is 45.8 Å². The molecule has 5 heteroatoms. The fraction of sp³-hybridized carbons (Fsp3) is 0.458. The Morgan fingerprint density at radius 2 is 1.59 bits per heavy atom. The zero-order chi connectivity index (χ0) is 20.8. The van der Waals surface area contributed by atoms with Gasteiger partial charge in [-0.2, -0.15) is 0 Å². The van der Waals surface area contributed by atoms with E-state index in [1.54, 1.807) is 26.2 Å². The summed E-state index contributed by atoms with van der Waals surface area (Å²) >= 11 is 0. The molecule has 0 aliphatic carbocycles. The highest BCUT2D eigenvalue weighted by atomic mass is 16.5. The van der Waals surface area contributed by atoms with Gasteiger partial charge in [0, 0.05) is 18.8 Å². The molecule has 5 nitrogen and oxygen atoms in total. The highest BCUT2D eigenvalue weighted by molar-refractivity contribution is 5.81. The molecular formula is C24H32N2O3. The van der Waals surface area contributed by atoms with Gasteiger partial charge in [0.15, 0.2) is 6.10 Å². The summed E-state index contributed by atoms with van der Waals surface area (Å²) in [7, 11) is 1.62. The number of carbonyl (C=O) groups is 1. The summed E-state index contributed by atoms with van der Waals surface area (Å²) in [6.07, 6.45) is 1.92. The van der Waals surface area contributed by atoms with Gasteiger partial charge < -0.3 is 19.7 Å². The van der Waals surface area contributed by atoms with Crippen LogP contribution in [-0.2, 0) is 4.79 Å². The zero-order valence-electron chi connectivity index (χ0n) is 17.9. The number of hydrogen-bond acceptors (Lipinski definition) is 4. The maximum absolute atomic E-state index is 12.5. The average molecular weight is 397 g/mol. The minimum absolute atomic E-state index is 0.0835. The van der Waals surface area contributed by atoms with Crippen molar-refractivity contribution in [3.63, 3.8) is 0 Å². The molecule has 0 unspecified atom stereocenters. The van der Waals surface area contributed by atoms with Gasteiger partial charge in [-0.15, -0.1) is 0 Å². The van der Waals surface area contributed by atoms with Crippen LogP contribution in [-0.4, -0.2) is 32.2 Å². The monoisotopic (exact) mass is 396 g/mol.